The predicted octanol–water partition coefficient (Wildman–Crippen LogP) is 2.16. The maximum absolute atomic E-state index is 5.20. The lowest BCUT2D eigenvalue weighted by Gasteiger charge is -2.16. The maximum Gasteiger partial charge on any atom is 0.0598 e. The first-order valence-electron chi connectivity index (χ1n) is 4.01. The van der Waals surface area contributed by atoms with Crippen molar-refractivity contribution < 1.29 is 0 Å². The van der Waals surface area contributed by atoms with Gasteiger partial charge in [0.05, 0.1) is 6.54 Å². The molecular weight excluding hydrogens is 158 g/mol. The summed E-state index contributed by atoms with van der Waals surface area (Å²) in [5.41, 5.74) is 0. The summed E-state index contributed by atoms with van der Waals surface area (Å²) in [5.74, 6) is 2.66. The molecule has 0 aromatic heterocycles. The minimum absolute atomic E-state index is 0. The fourth-order valence-corrected chi connectivity index (χ4v) is 1.03. The van der Waals surface area contributed by atoms with E-state index in [0.29, 0.717) is 0 Å². The fourth-order valence-electron chi connectivity index (χ4n) is 1.03. The zero-order valence-corrected chi connectivity index (χ0v) is 8.28. The highest BCUT2D eigenvalue weighted by atomic mass is 35.5. The average molecular weight is 176 g/mol. The number of hydrogen-bond acceptors (Lipinski definition) is 1. The molecule has 0 fully saturated rings. The van der Waals surface area contributed by atoms with Gasteiger partial charge in [0.1, 0.15) is 0 Å². The molecule has 0 aromatic rings. The van der Waals surface area contributed by atoms with E-state index in [-0.39, 0.29) is 12.4 Å². The van der Waals surface area contributed by atoms with Crippen LogP contribution in [0.15, 0.2) is 0 Å². The summed E-state index contributed by atoms with van der Waals surface area (Å²) in [5, 5.41) is 0. The topological polar surface area (TPSA) is 3.24 Å². The zero-order chi connectivity index (χ0) is 7.82. The summed E-state index contributed by atoms with van der Waals surface area (Å²) in [7, 11) is 0. The smallest absolute Gasteiger partial charge is 0.0598 e. The molecule has 0 heterocycles. The predicted molar refractivity (Wildman–Crippen MR) is 53.1 cm³/mol. The van der Waals surface area contributed by atoms with Crippen molar-refractivity contribution in [3.05, 3.63) is 0 Å². The van der Waals surface area contributed by atoms with E-state index in [1.54, 1.807) is 0 Å². The zero-order valence-electron chi connectivity index (χ0n) is 7.47. The average Bonchev–Trinajstić information content (AvgIpc) is 1.90. The van der Waals surface area contributed by atoms with E-state index in [4.69, 9.17) is 6.42 Å². The molecule has 0 N–H and O–H groups in total. The Balaban J connectivity index is 0. The van der Waals surface area contributed by atoms with Gasteiger partial charge in [0, 0.05) is 0 Å². The molecule has 0 aliphatic carbocycles. The molecule has 0 unspecified atom stereocenters. The third kappa shape index (κ3) is 7.71. The normalized spacial score (nSPS) is 8.91. The minimum Gasteiger partial charge on any atom is -0.292 e. The Kier molecular flexibility index (Phi) is 12.0. The standard InChI is InChI=1S/C9H17N.ClH/c1-4-7-10(8-5-2)9-6-3;/h1H,5-9H2,2-3H3;1H. The molecule has 0 spiro atoms. The second kappa shape index (κ2) is 9.81. The fraction of sp³-hybridized carbons (Fsp3) is 0.778. The van der Waals surface area contributed by atoms with E-state index in [2.05, 4.69) is 24.7 Å². The number of terminal acetylenes is 1. The van der Waals surface area contributed by atoms with Crippen LogP contribution in [0.1, 0.15) is 26.7 Å². The van der Waals surface area contributed by atoms with Gasteiger partial charge in [-0.15, -0.1) is 18.8 Å². The van der Waals surface area contributed by atoms with Crippen LogP contribution in [0.4, 0.5) is 0 Å². The monoisotopic (exact) mass is 175 g/mol. The van der Waals surface area contributed by atoms with Gasteiger partial charge in [0.2, 0.25) is 0 Å². The summed E-state index contributed by atoms with van der Waals surface area (Å²) in [6, 6.07) is 0. The molecule has 0 saturated heterocycles. The molecule has 66 valence electrons. The highest BCUT2D eigenvalue weighted by molar-refractivity contribution is 5.85. The maximum atomic E-state index is 5.20. The molecule has 2 heteroatoms. The van der Waals surface area contributed by atoms with Crippen molar-refractivity contribution >= 4 is 12.4 Å². The lowest BCUT2D eigenvalue weighted by Crippen LogP contribution is -2.25. The SMILES string of the molecule is C#CCN(CCC)CCC.Cl. The van der Waals surface area contributed by atoms with Gasteiger partial charge >= 0.3 is 0 Å². The van der Waals surface area contributed by atoms with E-state index >= 15 is 0 Å². The molecule has 0 rings (SSSR count). The third-order valence-electron chi connectivity index (χ3n) is 1.39. The Morgan fingerprint density at radius 1 is 1.18 bits per heavy atom. The first-order chi connectivity index (χ1) is 4.85. The van der Waals surface area contributed by atoms with E-state index < -0.39 is 0 Å². The molecule has 0 radical (unpaired) electrons. The van der Waals surface area contributed by atoms with E-state index in [1.807, 2.05) is 0 Å². The molecule has 11 heavy (non-hydrogen) atoms. The van der Waals surface area contributed by atoms with Gasteiger partial charge in [-0.1, -0.05) is 19.8 Å². The van der Waals surface area contributed by atoms with Crippen LogP contribution in [-0.4, -0.2) is 24.5 Å². The van der Waals surface area contributed by atoms with Gasteiger partial charge in [-0.2, -0.15) is 0 Å². The Morgan fingerprint density at radius 3 is 1.91 bits per heavy atom. The van der Waals surface area contributed by atoms with Gasteiger partial charge in [-0.25, -0.2) is 0 Å². The quantitative estimate of drug-likeness (QED) is 0.579. The molecular formula is C9H18ClN. The Hall–Kier alpha value is -0.190. The van der Waals surface area contributed by atoms with Gasteiger partial charge in [0.15, 0.2) is 0 Å². The molecule has 0 bridgehead atoms. The van der Waals surface area contributed by atoms with Crippen LogP contribution in [-0.2, 0) is 0 Å². The Morgan fingerprint density at radius 2 is 1.64 bits per heavy atom. The summed E-state index contributed by atoms with van der Waals surface area (Å²) >= 11 is 0. The lowest BCUT2D eigenvalue weighted by molar-refractivity contribution is 0.308. The molecule has 0 amide bonds. The van der Waals surface area contributed by atoms with Crippen molar-refractivity contribution in [1.29, 1.82) is 0 Å². The summed E-state index contributed by atoms with van der Waals surface area (Å²) in [4.78, 5) is 2.31. The van der Waals surface area contributed by atoms with Crippen molar-refractivity contribution in [3.63, 3.8) is 0 Å². The van der Waals surface area contributed by atoms with Crippen LogP contribution in [0, 0.1) is 12.3 Å². The molecule has 0 aromatic carbocycles. The third-order valence-corrected chi connectivity index (χ3v) is 1.39. The Labute approximate surface area is 76.6 Å². The van der Waals surface area contributed by atoms with Gasteiger partial charge < -0.3 is 0 Å². The number of hydrogen-bond donors (Lipinski definition) is 0. The van der Waals surface area contributed by atoms with Crippen LogP contribution in [0.5, 0.6) is 0 Å². The lowest BCUT2D eigenvalue weighted by atomic mass is 10.3. The van der Waals surface area contributed by atoms with Crippen molar-refractivity contribution in [3.8, 4) is 12.3 Å². The highest BCUT2D eigenvalue weighted by Gasteiger charge is 1.97. The molecule has 0 aliphatic rings. The van der Waals surface area contributed by atoms with Crippen molar-refractivity contribution in [2.75, 3.05) is 19.6 Å². The first-order valence-corrected chi connectivity index (χ1v) is 4.01. The van der Waals surface area contributed by atoms with Crippen molar-refractivity contribution in [2.24, 2.45) is 0 Å². The van der Waals surface area contributed by atoms with Gasteiger partial charge in [0.25, 0.3) is 0 Å². The summed E-state index contributed by atoms with van der Waals surface area (Å²) < 4.78 is 0. The van der Waals surface area contributed by atoms with E-state index in [9.17, 15) is 0 Å². The van der Waals surface area contributed by atoms with Crippen LogP contribution >= 0.6 is 12.4 Å². The van der Waals surface area contributed by atoms with Crippen molar-refractivity contribution in [1.82, 2.24) is 4.90 Å². The van der Waals surface area contributed by atoms with Crippen LogP contribution in [0.2, 0.25) is 0 Å². The minimum atomic E-state index is 0. The van der Waals surface area contributed by atoms with Crippen LogP contribution in [0.25, 0.3) is 0 Å². The molecule has 1 nitrogen and oxygen atoms in total. The van der Waals surface area contributed by atoms with Crippen LogP contribution < -0.4 is 0 Å². The van der Waals surface area contributed by atoms with Crippen molar-refractivity contribution in [2.45, 2.75) is 26.7 Å². The second-order valence-electron chi connectivity index (χ2n) is 2.48. The number of nitrogens with zero attached hydrogens (tertiary/aromatic N) is 1. The van der Waals surface area contributed by atoms with Gasteiger partial charge in [-0.3, -0.25) is 4.90 Å². The Bertz CT molecular complexity index is 101. The number of halogens is 1. The second-order valence-corrected chi connectivity index (χ2v) is 2.48. The summed E-state index contributed by atoms with van der Waals surface area (Å²) in [6.45, 7) is 7.44. The van der Waals surface area contributed by atoms with E-state index in [0.717, 1.165) is 19.6 Å². The van der Waals surface area contributed by atoms with E-state index in [1.165, 1.54) is 12.8 Å². The first kappa shape index (κ1) is 13.4. The summed E-state index contributed by atoms with van der Waals surface area (Å²) in [6.07, 6.45) is 7.59. The largest absolute Gasteiger partial charge is 0.292 e. The van der Waals surface area contributed by atoms with Gasteiger partial charge in [-0.05, 0) is 25.9 Å². The molecule has 0 saturated carbocycles. The number of rotatable bonds is 5. The molecule has 0 aliphatic heterocycles. The highest BCUT2D eigenvalue weighted by Crippen LogP contribution is 1.91. The molecule has 0 atom stereocenters. The van der Waals surface area contributed by atoms with Crippen LogP contribution in [0.3, 0.4) is 0 Å².